The van der Waals surface area contributed by atoms with Gasteiger partial charge in [-0.15, -0.1) is 0 Å². The predicted octanol–water partition coefficient (Wildman–Crippen LogP) is 3.23. The van der Waals surface area contributed by atoms with E-state index in [1.54, 1.807) is 27.8 Å². The van der Waals surface area contributed by atoms with Crippen molar-refractivity contribution < 1.29 is 24.2 Å². The van der Waals surface area contributed by atoms with Crippen LogP contribution in [0.1, 0.15) is 33.4 Å². The summed E-state index contributed by atoms with van der Waals surface area (Å²) in [5.41, 5.74) is 1.17. The number of amides is 1. The van der Waals surface area contributed by atoms with Gasteiger partial charge in [-0.3, -0.25) is 9.59 Å². The average Bonchev–Trinajstić information content (AvgIpc) is 3.30. The zero-order chi connectivity index (χ0) is 26.9. The summed E-state index contributed by atoms with van der Waals surface area (Å²) in [5.74, 6) is -0.601. The number of carboxylic acid groups (broad SMARTS) is 1. The summed E-state index contributed by atoms with van der Waals surface area (Å²) in [4.78, 5) is 51.0. The van der Waals surface area contributed by atoms with Crippen molar-refractivity contribution in [1.29, 1.82) is 0 Å². The van der Waals surface area contributed by atoms with Gasteiger partial charge in [-0.1, -0.05) is 18.3 Å². The minimum Gasteiger partial charge on any atom is -0.481 e. The largest absolute Gasteiger partial charge is 0.481 e. The highest BCUT2D eigenvalue weighted by molar-refractivity contribution is 7.21. The Morgan fingerprint density at radius 1 is 1.19 bits per heavy atom. The third kappa shape index (κ3) is 5.53. The molecule has 3 aromatic rings. The highest BCUT2D eigenvalue weighted by Crippen LogP contribution is 2.33. The second kappa shape index (κ2) is 10.4. The van der Waals surface area contributed by atoms with Crippen LogP contribution < -0.4 is 15.1 Å². The topological polar surface area (TPSA) is 127 Å². The lowest BCUT2D eigenvalue weighted by Gasteiger charge is -2.37. The third-order valence-electron chi connectivity index (χ3n) is 5.95. The maximum atomic E-state index is 13.8. The summed E-state index contributed by atoms with van der Waals surface area (Å²) < 4.78 is 12.4. The summed E-state index contributed by atoms with van der Waals surface area (Å²) in [6.07, 6.45) is 1.66. The van der Waals surface area contributed by atoms with E-state index < -0.39 is 17.7 Å². The highest BCUT2D eigenvalue weighted by atomic mass is 32.1. The van der Waals surface area contributed by atoms with Crippen LogP contribution in [-0.2, 0) is 22.5 Å². The first kappa shape index (κ1) is 26.4. The van der Waals surface area contributed by atoms with E-state index in [1.807, 2.05) is 32.6 Å². The first-order valence-corrected chi connectivity index (χ1v) is 12.8. The number of carbonyl (C=O) groups excluding carboxylic acids is 1. The Kier molecular flexibility index (Phi) is 7.39. The van der Waals surface area contributed by atoms with Crippen LogP contribution >= 0.6 is 11.3 Å². The molecule has 4 heterocycles. The zero-order valence-corrected chi connectivity index (χ0v) is 22.4. The molecule has 0 unspecified atom stereocenters. The molecule has 1 aliphatic heterocycles. The predicted molar refractivity (Wildman–Crippen MR) is 141 cm³/mol. The van der Waals surface area contributed by atoms with Crippen molar-refractivity contribution in [2.24, 2.45) is 0 Å². The van der Waals surface area contributed by atoms with E-state index in [0.717, 1.165) is 5.56 Å². The Hall–Kier alpha value is -3.67. The second-order valence-electron chi connectivity index (χ2n) is 9.67. The van der Waals surface area contributed by atoms with Crippen molar-refractivity contribution in [2.45, 2.75) is 46.3 Å². The number of methoxy groups -OCH3 is 1. The summed E-state index contributed by atoms with van der Waals surface area (Å²) >= 11 is 1.26. The lowest BCUT2D eigenvalue weighted by Crippen LogP contribution is -2.51. The molecule has 0 aromatic carbocycles. The third-order valence-corrected chi connectivity index (χ3v) is 7.08. The van der Waals surface area contributed by atoms with Gasteiger partial charge in [0.2, 0.25) is 11.3 Å². The minimum absolute atomic E-state index is 0.221. The van der Waals surface area contributed by atoms with E-state index in [2.05, 4.69) is 9.97 Å². The number of nitrogens with zero attached hydrogens (tertiary/aromatic N) is 5. The first-order valence-electron chi connectivity index (χ1n) is 12.0. The number of anilines is 1. The number of carbonyl (C=O) groups is 2. The van der Waals surface area contributed by atoms with E-state index >= 15 is 0 Å². The summed E-state index contributed by atoms with van der Waals surface area (Å²) in [6.45, 7) is 8.65. The van der Waals surface area contributed by atoms with E-state index in [0.29, 0.717) is 59.7 Å². The fraction of sp³-hybridized carbons (Fsp3) is 0.480. The molecule has 0 saturated carbocycles. The van der Waals surface area contributed by atoms with Crippen molar-refractivity contribution in [3.63, 3.8) is 0 Å². The highest BCUT2D eigenvalue weighted by Gasteiger charge is 2.30. The number of fused-ring (bicyclic) bond motifs is 1. The number of hydrogen-bond donors (Lipinski definition) is 1. The SMILES string of the molecule is CCc1c(N2CCN(C(=O)OC(C)(C)C)CC2)c(=O)c2nc(-c3ccnc(OC)c3)sc2n1CC(=O)O. The van der Waals surface area contributed by atoms with Crippen LogP contribution in [0.5, 0.6) is 5.88 Å². The average molecular weight is 530 g/mol. The normalized spacial score (nSPS) is 14.2. The maximum Gasteiger partial charge on any atom is 0.410 e. The van der Waals surface area contributed by atoms with Crippen molar-refractivity contribution in [2.75, 3.05) is 38.2 Å². The number of aliphatic carboxylic acids is 1. The molecule has 3 aromatic heterocycles. The molecule has 0 bridgehead atoms. The Balaban J connectivity index is 1.77. The van der Waals surface area contributed by atoms with E-state index in [9.17, 15) is 19.5 Å². The van der Waals surface area contributed by atoms with Gasteiger partial charge in [-0.25, -0.2) is 14.8 Å². The molecular formula is C25H31N5O6S. The summed E-state index contributed by atoms with van der Waals surface area (Å²) in [5, 5.41) is 10.3. The fourth-order valence-corrected chi connectivity index (χ4v) is 5.42. The van der Waals surface area contributed by atoms with Gasteiger partial charge in [0, 0.05) is 49.7 Å². The molecule has 12 heteroatoms. The van der Waals surface area contributed by atoms with Crippen LogP contribution in [0.25, 0.3) is 20.9 Å². The van der Waals surface area contributed by atoms with Crippen molar-refractivity contribution in [1.82, 2.24) is 19.4 Å². The van der Waals surface area contributed by atoms with Crippen molar-refractivity contribution >= 4 is 39.4 Å². The molecule has 37 heavy (non-hydrogen) atoms. The molecule has 1 amide bonds. The first-order chi connectivity index (χ1) is 17.5. The maximum absolute atomic E-state index is 13.8. The van der Waals surface area contributed by atoms with E-state index in [1.165, 1.54) is 18.4 Å². The van der Waals surface area contributed by atoms with Crippen LogP contribution in [0, 0.1) is 0 Å². The van der Waals surface area contributed by atoms with Gasteiger partial charge >= 0.3 is 12.1 Å². The number of thiazole rings is 1. The molecule has 0 radical (unpaired) electrons. The van der Waals surface area contributed by atoms with Gasteiger partial charge in [-0.05, 0) is 33.3 Å². The van der Waals surface area contributed by atoms with Gasteiger partial charge in [0.25, 0.3) is 0 Å². The van der Waals surface area contributed by atoms with Crippen LogP contribution in [0.4, 0.5) is 10.5 Å². The van der Waals surface area contributed by atoms with Gasteiger partial charge < -0.3 is 28.9 Å². The Bertz CT molecular complexity index is 1380. The quantitative estimate of drug-likeness (QED) is 0.512. The Labute approximate surface area is 218 Å². The second-order valence-corrected chi connectivity index (χ2v) is 10.6. The number of piperazine rings is 1. The number of pyridine rings is 2. The van der Waals surface area contributed by atoms with Crippen LogP contribution in [0.2, 0.25) is 0 Å². The molecule has 0 spiro atoms. The van der Waals surface area contributed by atoms with Crippen molar-refractivity contribution in [3.05, 3.63) is 34.2 Å². The molecule has 1 aliphatic rings. The minimum atomic E-state index is -1.01. The van der Waals surface area contributed by atoms with Gasteiger partial charge in [-0.2, -0.15) is 0 Å². The molecule has 198 valence electrons. The fourth-order valence-electron chi connectivity index (χ4n) is 4.34. The lowest BCUT2D eigenvalue weighted by molar-refractivity contribution is -0.137. The molecule has 0 aliphatic carbocycles. The molecule has 11 nitrogen and oxygen atoms in total. The summed E-state index contributed by atoms with van der Waals surface area (Å²) in [6, 6.07) is 3.49. The number of carboxylic acids is 1. The zero-order valence-electron chi connectivity index (χ0n) is 21.6. The standard InChI is InChI=1S/C25H31N5O6S/c1-6-16-20(28-9-11-29(12-10-28)24(34)36-25(2,3)4)21(33)19-23(30(16)14-18(31)32)37-22(27-19)15-7-8-26-17(13-15)35-5/h7-8,13H,6,9-12,14H2,1-5H3,(H,31,32). The molecule has 1 saturated heterocycles. The molecule has 0 atom stereocenters. The Morgan fingerprint density at radius 3 is 2.49 bits per heavy atom. The van der Waals surface area contributed by atoms with Gasteiger partial charge in [0.05, 0.1) is 7.11 Å². The smallest absolute Gasteiger partial charge is 0.410 e. The molecule has 4 rings (SSSR count). The number of rotatable bonds is 6. The molecule has 1 fully saturated rings. The van der Waals surface area contributed by atoms with E-state index in [-0.39, 0.29) is 17.5 Å². The number of aromatic nitrogens is 3. The summed E-state index contributed by atoms with van der Waals surface area (Å²) in [7, 11) is 1.52. The molecule has 1 N–H and O–H groups in total. The number of hydrogen-bond acceptors (Lipinski definition) is 9. The van der Waals surface area contributed by atoms with Crippen LogP contribution in [-0.4, -0.2) is 75.5 Å². The lowest BCUT2D eigenvalue weighted by atomic mass is 10.1. The van der Waals surface area contributed by atoms with Crippen LogP contribution in [0.3, 0.4) is 0 Å². The van der Waals surface area contributed by atoms with Crippen molar-refractivity contribution in [3.8, 4) is 16.5 Å². The monoisotopic (exact) mass is 529 g/mol. The van der Waals surface area contributed by atoms with Crippen LogP contribution in [0.15, 0.2) is 23.1 Å². The van der Waals surface area contributed by atoms with Gasteiger partial charge in [0.15, 0.2) is 0 Å². The number of ether oxygens (including phenoxy) is 2. The molecular weight excluding hydrogens is 498 g/mol. The van der Waals surface area contributed by atoms with E-state index in [4.69, 9.17) is 9.47 Å². The van der Waals surface area contributed by atoms with Gasteiger partial charge in [0.1, 0.15) is 33.2 Å². The Morgan fingerprint density at radius 2 is 1.89 bits per heavy atom.